The van der Waals surface area contributed by atoms with Gasteiger partial charge >= 0.3 is 6.18 Å². The number of benzene rings is 3. The van der Waals surface area contributed by atoms with E-state index in [1.165, 1.54) is 5.56 Å². The highest BCUT2D eigenvalue weighted by Gasteiger charge is 2.37. The molecule has 0 saturated carbocycles. The largest absolute Gasteiger partial charge is 0.417 e. The fourth-order valence-corrected chi connectivity index (χ4v) is 5.10. The van der Waals surface area contributed by atoms with Gasteiger partial charge in [-0.1, -0.05) is 60.7 Å². The lowest BCUT2D eigenvalue weighted by atomic mass is 9.81. The van der Waals surface area contributed by atoms with Crippen molar-refractivity contribution in [3.8, 4) is 11.1 Å². The van der Waals surface area contributed by atoms with Gasteiger partial charge in [-0.05, 0) is 82.3 Å². The van der Waals surface area contributed by atoms with Gasteiger partial charge in [-0.25, -0.2) is 4.39 Å². The second-order valence-electron chi connectivity index (χ2n) is 9.30. The number of aryl methyl sites for hydroxylation is 1. The first-order valence-corrected chi connectivity index (χ1v) is 12.4. The van der Waals surface area contributed by atoms with E-state index in [-0.39, 0.29) is 0 Å². The van der Waals surface area contributed by atoms with Crippen molar-refractivity contribution in [1.82, 2.24) is 5.32 Å². The van der Waals surface area contributed by atoms with Crippen LogP contribution in [0.1, 0.15) is 33.5 Å². The number of ketones is 1. The highest BCUT2D eigenvalue weighted by Crippen LogP contribution is 2.34. The van der Waals surface area contributed by atoms with Crippen LogP contribution in [-0.4, -0.2) is 5.78 Å². The maximum absolute atomic E-state index is 13.7. The third-order valence-electron chi connectivity index (χ3n) is 6.91. The maximum Gasteiger partial charge on any atom is 0.417 e. The molecule has 2 nitrogen and oxygen atoms in total. The van der Waals surface area contributed by atoms with Gasteiger partial charge in [0.15, 0.2) is 5.78 Å². The zero-order valence-corrected chi connectivity index (χ0v) is 20.4. The fourth-order valence-electron chi connectivity index (χ4n) is 5.10. The summed E-state index contributed by atoms with van der Waals surface area (Å²) >= 11 is 0. The first kappa shape index (κ1) is 25.5. The number of rotatable bonds is 2. The Hall–Kier alpha value is -4.19. The van der Waals surface area contributed by atoms with Crippen LogP contribution in [0.4, 0.5) is 17.6 Å². The Morgan fingerprint density at radius 2 is 1.61 bits per heavy atom. The summed E-state index contributed by atoms with van der Waals surface area (Å²) in [7, 11) is 0. The highest BCUT2D eigenvalue weighted by molar-refractivity contribution is 6.02. The number of carbonyl (C=O) groups is 1. The van der Waals surface area contributed by atoms with Gasteiger partial charge in [0, 0.05) is 23.9 Å². The van der Waals surface area contributed by atoms with Gasteiger partial charge in [-0.15, -0.1) is 0 Å². The van der Waals surface area contributed by atoms with Crippen molar-refractivity contribution in [1.29, 1.82) is 0 Å². The molecule has 1 N–H and O–H groups in total. The van der Waals surface area contributed by atoms with Gasteiger partial charge in [0.05, 0.1) is 5.56 Å². The van der Waals surface area contributed by atoms with Crippen LogP contribution in [-0.2, 0) is 19.0 Å². The molecule has 38 heavy (non-hydrogen) atoms. The lowest BCUT2D eigenvalue weighted by Gasteiger charge is -2.22. The minimum absolute atomic E-state index is 0.398. The molecule has 2 aliphatic carbocycles. The lowest BCUT2D eigenvalue weighted by Crippen LogP contribution is -2.37. The third kappa shape index (κ3) is 5.25. The molecule has 1 atom stereocenters. The first-order valence-electron chi connectivity index (χ1n) is 12.4. The number of allylic oxidation sites excluding steroid dienone is 4. The van der Waals surface area contributed by atoms with Crippen molar-refractivity contribution in [2.45, 2.75) is 25.4 Å². The SMILES string of the molecule is C1=CC=CNC=C1.O=C(c1cc(F)ccc1C(F)(F)F)C1C=c2c(ccc3c2=CCc2ccccc2-3)CC1. The van der Waals surface area contributed by atoms with Crippen molar-refractivity contribution in [2.75, 3.05) is 0 Å². The minimum atomic E-state index is -4.72. The zero-order valence-electron chi connectivity index (χ0n) is 20.4. The van der Waals surface area contributed by atoms with Crippen LogP contribution in [0, 0.1) is 11.7 Å². The molecule has 1 unspecified atom stereocenters. The summed E-state index contributed by atoms with van der Waals surface area (Å²) in [6.45, 7) is 0. The Bertz CT molecular complexity index is 1580. The maximum atomic E-state index is 13.7. The van der Waals surface area contributed by atoms with Crippen LogP contribution in [0.2, 0.25) is 0 Å². The highest BCUT2D eigenvalue weighted by atomic mass is 19.4. The predicted octanol–water partition coefficient (Wildman–Crippen LogP) is 6.25. The van der Waals surface area contributed by atoms with E-state index >= 15 is 0 Å². The van der Waals surface area contributed by atoms with Crippen LogP contribution >= 0.6 is 0 Å². The van der Waals surface area contributed by atoms with Crippen LogP contribution in [0.15, 0.2) is 91.3 Å². The lowest BCUT2D eigenvalue weighted by molar-refractivity contribution is -0.138. The normalized spacial score (nSPS) is 16.8. The van der Waals surface area contributed by atoms with E-state index < -0.39 is 34.8 Å². The Labute approximate surface area is 218 Å². The molecule has 192 valence electrons. The van der Waals surface area contributed by atoms with Gasteiger partial charge in [-0.2, -0.15) is 13.2 Å². The Balaban J connectivity index is 0.000000366. The molecule has 1 heterocycles. The number of carbonyl (C=O) groups excluding carboxylic acids is 1. The topological polar surface area (TPSA) is 29.1 Å². The molecule has 3 aromatic carbocycles. The molecule has 0 aromatic heterocycles. The summed E-state index contributed by atoms with van der Waals surface area (Å²) in [6, 6.07) is 14.3. The van der Waals surface area contributed by atoms with Crippen molar-refractivity contribution in [3.63, 3.8) is 0 Å². The molecular formula is C32H25F4NO. The van der Waals surface area contributed by atoms with Crippen molar-refractivity contribution >= 4 is 17.9 Å². The molecule has 0 fully saturated rings. The molecule has 6 heteroatoms. The fraction of sp³-hybridized carbons (Fsp3) is 0.156. The van der Waals surface area contributed by atoms with Gasteiger partial charge in [0.25, 0.3) is 0 Å². The summed E-state index contributed by atoms with van der Waals surface area (Å²) in [5.41, 5.74) is 2.80. The number of alkyl halides is 3. The van der Waals surface area contributed by atoms with Crippen LogP contribution < -0.4 is 15.8 Å². The van der Waals surface area contributed by atoms with Crippen molar-refractivity contribution < 1.29 is 22.4 Å². The number of fused-ring (bicyclic) bond motifs is 5. The molecular weight excluding hydrogens is 490 g/mol. The van der Waals surface area contributed by atoms with E-state index in [1.54, 1.807) is 6.08 Å². The number of hydrogen-bond donors (Lipinski definition) is 1. The van der Waals surface area contributed by atoms with Crippen LogP contribution in [0.3, 0.4) is 0 Å². The predicted molar refractivity (Wildman–Crippen MR) is 142 cm³/mol. The van der Waals surface area contributed by atoms with E-state index in [4.69, 9.17) is 0 Å². The average Bonchev–Trinajstić information content (AvgIpc) is 3.25. The quantitative estimate of drug-likeness (QED) is 0.323. The average molecular weight is 516 g/mol. The van der Waals surface area contributed by atoms with E-state index in [1.807, 2.05) is 54.9 Å². The standard InChI is InChI=1S/C26H18F4O.C6H7N/c27-18-9-12-24(26(28,29)30)23(14-18)25(31)17-6-5-16-8-10-20-19-4-2-1-3-15(19)7-11-21(20)22(16)13-17;1-2-4-6-7-5-3-1/h1-4,8-14,17H,5-7H2;1-7H. The van der Waals surface area contributed by atoms with E-state index in [9.17, 15) is 22.4 Å². The minimum Gasteiger partial charge on any atom is -0.368 e. The summed E-state index contributed by atoms with van der Waals surface area (Å²) < 4.78 is 54.0. The summed E-state index contributed by atoms with van der Waals surface area (Å²) in [5.74, 6) is -2.27. The molecule has 0 bridgehead atoms. The first-order chi connectivity index (χ1) is 18.3. The molecule has 0 radical (unpaired) electrons. The number of Topliss-reactive ketones (excluding diaryl/α,β-unsaturated/α-hetero) is 1. The number of nitrogens with one attached hydrogen (secondary N) is 1. The molecule has 3 aliphatic rings. The second-order valence-corrected chi connectivity index (χ2v) is 9.30. The Morgan fingerprint density at radius 1 is 0.842 bits per heavy atom. The van der Waals surface area contributed by atoms with Crippen LogP contribution in [0.5, 0.6) is 0 Å². The number of hydrogen-bond acceptors (Lipinski definition) is 2. The molecule has 0 saturated heterocycles. The van der Waals surface area contributed by atoms with E-state index in [2.05, 4.69) is 29.6 Å². The molecule has 1 aliphatic heterocycles. The summed E-state index contributed by atoms with van der Waals surface area (Å²) in [4.78, 5) is 13.1. The molecule has 0 spiro atoms. The van der Waals surface area contributed by atoms with Crippen molar-refractivity contribution in [3.05, 3.63) is 130 Å². The van der Waals surface area contributed by atoms with Gasteiger partial charge < -0.3 is 5.32 Å². The Kier molecular flexibility index (Phi) is 7.14. The summed E-state index contributed by atoms with van der Waals surface area (Å²) in [6.07, 6.45) is 12.5. The smallest absolute Gasteiger partial charge is 0.368 e. The Morgan fingerprint density at radius 3 is 2.37 bits per heavy atom. The molecule has 3 aromatic rings. The van der Waals surface area contributed by atoms with Gasteiger partial charge in [0.1, 0.15) is 5.82 Å². The van der Waals surface area contributed by atoms with E-state index in [0.717, 1.165) is 39.6 Å². The van der Waals surface area contributed by atoms with Gasteiger partial charge in [-0.3, -0.25) is 4.79 Å². The van der Waals surface area contributed by atoms with Crippen LogP contribution in [0.25, 0.3) is 23.3 Å². The van der Waals surface area contributed by atoms with Crippen molar-refractivity contribution in [2.24, 2.45) is 5.92 Å². The number of halogens is 4. The third-order valence-corrected chi connectivity index (χ3v) is 6.91. The molecule has 6 rings (SSSR count). The summed E-state index contributed by atoms with van der Waals surface area (Å²) in [5, 5.41) is 4.85. The monoisotopic (exact) mass is 515 g/mol. The zero-order chi connectivity index (χ0) is 26.7. The van der Waals surface area contributed by atoms with E-state index in [0.29, 0.717) is 25.0 Å². The molecule has 0 amide bonds. The second kappa shape index (κ2) is 10.7. The van der Waals surface area contributed by atoms with Gasteiger partial charge in [0.2, 0.25) is 0 Å².